The van der Waals surface area contributed by atoms with Gasteiger partial charge in [-0.2, -0.15) is 0 Å². The third-order valence-corrected chi connectivity index (χ3v) is 12.5. The smallest absolute Gasteiger partial charge is 0.160 e. The summed E-state index contributed by atoms with van der Waals surface area (Å²) in [6.07, 6.45) is -0.245. The van der Waals surface area contributed by atoms with Gasteiger partial charge in [-0.3, -0.25) is 0 Å². The maximum absolute atomic E-state index is 5.23. The maximum Gasteiger partial charge on any atom is 0.160 e. The Morgan fingerprint density at radius 3 is 1.98 bits per heavy atom. The lowest BCUT2D eigenvalue weighted by Crippen LogP contribution is -2.33. The van der Waals surface area contributed by atoms with Crippen molar-refractivity contribution in [2.75, 3.05) is 0 Å². The van der Waals surface area contributed by atoms with E-state index in [0.717, 1.165) is 28.4 Å². The number of hydrogen-bond acceptors (Lipinski definition) is 5. The number of thiophene rings is 2. The van der Waals surface area contributed by atoms with Gasteiger partial charge in [-0.25, -0.2) is 9.98 Å². The molecule has 0 bridgehead atoms. The summed E-state index contributed by atoms with van der Waals surface area (Å²) in [5, 5.41) is 11.3. The van der Waals surface area contributed by atoms with Crippen LogP contribution in [0.4, 0.5) is 0 Å². The molecular weight excluding hydrogens is 661 g/mol. The first-order valence-electron chi connectivity index (χ1n) is 17.1. The zero-order valence-electron chi connectivity index (χ0n) is 27.2. The largest absolute Gasteiger partial charge is 0.344 e. The van der Waals surface area contributed by atoms with E-state index in [9.17, 15) is 0 Å². The summed E-state index contributed by atoms with van der Waals surface area (Å²) >= 11 is 3.73. The SMILES string of the molecule is c1ccc(C2=NC(c3cccc4c3sc3c4ccc4sc5ccc(-n6c7ccccc7c7ccccc76)cc5c43)=NC(c3ccccc3)N2)cc1. The number of aromatic nitrogens is 1. The van der Waals surface area contributed by atoms with Gasteiger partial charge in [-0.1, -0.05) is 115 Å². The fourth-order valence-corrected chi connectivity index (χ4v) is 10.3. The average Bonchev–Trinajstić information content (AvgIpc) is 3.87. The van der Waals surface area contributed by atoms with Gasteiger partial charge in [-0.05, 0) is 48.0 Å². The fraction of sp³-hybridized carbons (Fsp3) is 0.0222. The number of fused-ring (bicyclic) bond motifs is 10. The van der Waals surface area contributed by atoms with Crippen molar-refractivity contribution < 1.29 is 0 Å². The van der Waals surface area contributed by atoms with E-state index in [1.165, 1.54) is 67.8 Å². The Morgan fingerprint density at radius 2 is 1.20 bits per heavy atom. The lowest BCUT2D eigenvalue weighted by atomic mass is 10.0. The summed E-state index contributed by atoms with van der Waals surface area (Å²) in [6, 6.07) is 56.4. The molecule has 4 nitrogen and oxygen atoms in total. The van der Waals surface area contributed by atoms with E-state index in [2.05, 4.69) is 155 Å². The Labute approximate surface area is 301 Å². The molecule has 51 heavy (non-hydrogen) atoms. The van der Waals surface area contributed by atoms with Gasteiger partial charge in [0.05, 0.1) is 11.0 Å². The molecule has 1 aliphatic heterocycles. The molecule has 4 heterocycles. The minimum absolute atomic E-state index is 0.245. The van der Waals surface area contributed by atoms with Crippen LogP contribution in [0.3, 0.4) is 0 Å². The highest BCUT2D eigenvalue weighted by Gasteiger charge is 2.24. The molecule has 0 aliphatic carbocycles. The lowest BCUT2D eigenvalue weighted by molar-refractivity contribution is 0.674. The predicted octanol–water partition coefficient (Wildman–Crippen LogP) is 12.0. The zero-order chi connectivity index (χ0) is 33.5. The van der Waals surface area contributed by atoms with Crippen molar-refractivity contribution in [3.05, 3.63) is 174 Å². The van der Waals surface area contributed by atoms with Crippen LogP contribution in [-0.4, -0.2) is 16.2 Å². The normalized spacial score (nSPS) is 14.9. The number of nitrogens with one attached hydrogen (secondary N) is 1. The first-order chi connectivity index (χ1) is 25.3. The van der Waals surface area contributed by atoms with Crippen LogP contribution in [0.5, 0.6) is 0 Å². The number of amidine groups is 2. The highest BCUT2D eigenvalue weighted by Crippen LogP contribution is 2.46. The van der Waals surface area contributed by atoms with Crippen molar-refractivity contribution in [1.29, 1.82) is 0 Å². The molecule has 0 fully saturated rings. The number of hydrogen-bond donors (Lipinski definition) is 1. The molecule has 0 amide bonds. The minimum atomic E-state index is -0.245. The fourth-order valence-electron chi connectivity index (χ4n) is 7.74. The number of aliphatic imine (C=N–C) groups is 2. The Bertz CT molecular complexity index is 3000. The van der Waals surface area contributed by atoms with Crippen LogP contribution in [-0.2, 0) is 0 Å². The molecule has 1 unspecified atom stereocenters. The number of rotatable bonds is 4. The average molecular weight is 689 g/mol. The molecule has 0 saturated carbocycles. The predicted molar refractivity (Wildman–Crippen MR) is 218 cm³/mol. The number of para-hydroxylation sites is 2. The van der Waals surface area contributed by atoms with E-state index in [1.54, 1.807) is 0 Å². The molecule has 3 aromatic heterocycles. The topological polar surface area (TPSA) is 41.7 Å². The molecule has 11 rings (SSSR count). The summed E-state index contributed by atoms with van der Waals surface area (Å²) in [4.78, 5) is 10.4. The van der Waals surface area contributed by atoms with Gasteiger partial charge in [0.1, 0.15) is 12.0 Å². The van der Waals surface area contributed by atoms with Crippen LogP contribution in [0.1, 0.15) is 22.9 Å². The zero-order valence-corrected chi connectivity index (χ0v) is 28.9. The van der Waals surface area contributed by atoms with Crippen LogP contribution in [0.2, 0.25) is 0 Å². The van der Waals surface area contributed by atoms with Crippen LogP contribution in [0.25, 0.3) is 67.8 Å². The number of nitrogens with zero attached hydrogens (tertiary/aromatic N) is 3. The van der Waals surface area contributed by atoms with Gasteiger partial charge in [0.2, 0.25) is 0 Å². The second kappa shape index (κ2) is 11.2. The summed E-state index contributed by atoms with van der Waals surface area (Å²) in [7, 11) is 0. The molecule has 0 saturated heterocycles. The first-order valence-corrected chi connectivity index (χ1v) is 18.7. The van der Waals surface area contributed by atoms with E-state index in [4.69, 9.17) is 9.98 Å². The van der Waals surface area contributed by atoms with Crippen molar-refractivity contribution >= 4 is 96.5 Å². The summed E-state index contributed by atoms with van der Waals surface area (Å²) < 4.78 is 7.53. The van der Waals surface area contributed by atoms with Crippen LogP contribution >= 0.6 is 22.7 Å². The van der Waals surface area contributed by atoms with Gasteiger partial charge in [0, 0.05) is 67.9 Å². The van der Waals surface area contributed by atoms with E-state index in [-0.39, 0.29) is 6.17 Å². The van der Waals surface area contributed by atoms with E-state index >= 15 is 0 Å². The quantitative estimate of drug-likeness (QED) is 0.196. The Hall–Kier alpha value is -6.08. The van der Waals surface area contributed by atoms with E-state index < -0.39 is 0 Å². The lowest BCUT2D eigenvalue weighted by Gasteiger charge is -2.23. The Balaban J connectivity index is 1.13. The van der Waals surface area contributed by atoms with Crippen molar-refractivity contribution in [1.82, 2.24) is 9.88 Å². The second-order valence-corrected chi connectivity index (χ2v) is 15.1. The van der Waals surface area contributed by atoms with Gasteiger partial charge in [0.25, 0.3) is 0 Å². The van der Waals surface area contributed by atoms with Crippen molar-refractivity contribution in [2.45, 2.75) is 6.17 Å². The molecule has 0 spiro atoms. The minimum Gasteiger partial charge on any atom is -0.344 e. The van der Waals surface area contributed by atoms with Crippen LogP contribution < -0.4 is 5.32 Å². The highest BCUT2D eigenvalue weighted by atomic mass is 32.1. The molecule has 1 atom stereocenters. The molecule has 10 aromatic rings. The van der Waals surface area contributed by atoms with Gasteiger partial charge < -0.3 is 9.88 Å². The van der Waals surface area contributed by atoms with Crippen molar-refractivity contribution in [2.24, 2.45) is 9.98 Å². The first kappa shape index (κ1) is 28.7. The Kier molecular flexibility index (Phi) is 6.32. The maximum atomic E-state index is 5.23. The molecule has 240 valence electrons. The molecule has 6 heteroatoms. The third kappa shape index (κ3) is 4.43. The monoisotopic (exact) mass is 688 g/mol. The standard InChI is InChI=1S/C45H28N4S2/c1-3-12-27(13-4-1)43-46-44(28-14-5-2-6-15-28)48-45(47-43)34-19-11-18-32-33-23-25-39-40(42(33)51-41(32)34)35-26-29(22-24-38(35)50-39)49-36-20-9-7-16-30(36)31-17-8-10-21-37(31)49/h1-26,43H,(H,46,47,48). The van der Waals surface area contributed by atoms with Gasteiger partial charge in [0.15, 0.2) is 5.84 Å². The van der Waals surface area contributed by atoms with Crippen molar-refractivity contribution in [3.63, 3.8) is 0 Å². The Morgan fingerprint density at radius 1 is 0.529 bits per heavy atom. The molecule has 1 aliphatic rings. The van der Waals surface area contributed by atoms with E-state index in [0.29, 0.717) is 0 Å². The second-order valence-electron chi connectivity index (χ2n) is 13.0. The summed E-state index contributed by atoms with van der Waals surface area (Å²) in [5.41, 5.74) is 6.83. The highest BCUT2D eigenvalue weighted by molar-refractivity contribution is 7.30. The number of benzene rings is 7. The van der Waals surface area contributed by atoms with Crippen LogP contribution in [0.15, 0.2) is 168 Å². The van der Waals surface area contributed by atoms with Gasteiger partial charge >= 0.3 is 0 Å². The summed E-state index contributed by atoms with van der Waals surface area (Å²) in [5.74, 6) is 1.58. The molecular formula is C45H28N4S2. The van der Waals surface area contributed by atoms with E-state index in [1.807, 2.05) is 34.8 Å². The summed E-state index contributed by atoms with van der Waals surface area (Å²) in [6.45, 7) is 0. The third-order valence-electron chi connectivity index (χ3n) is 10.1. The van der Waals surface area contributed by atoms with Crippen molar-refractivity contribution in [3.8, 4) is 5.69 Å². The molecule has 0 radical (unpaired) electrons. The van der Waals surface area contributed by atoms with Gasteiger partial charge in [-0.15, -0.1) is 22.7 Å². The molecule has 7 aromatic carbocycles. The molecule has 1 N–H and O–H groups in total. The van der Waals surface area contributed by atoms with Crippen LogP contribution in [0, 0.1) is 0 Å².